The van der Waals surface area contributed by atoms with Crippen LogP contribution in [0.5, 0.6) is 0 Å². The molecule has 0 fully saturated rings. The molecule has 1 atom stereocenters. The Balaban J connectivity index is 4.25. The van der Waals surface area contributed by atoms with E-state index in [0.29, 0.717) is 6.42 Å². The van der Waals surface area contributed by atoms with Gasteiger partial charge in [-0.2, -0.15) is 0 Å². The van der Waals surface area contributed by atoms with E-state index in [1.165, 1.54) is 33.4 Å². The summed E-state index contributed by atoms with van der Waals surface area (Å²) in [4.78, 5) is 0. The van der Waals surface area contributed by atoms with Gasteiger partial charge in [-0.15, -0.1) is 0 Å². The second-order valence-corrected chi connectivity index (χ2v) is 9.69. The summed E-state index contributed by atoms with van der Waals surface area (Å²) in [6, 6.07) is 0. The lowest BCUT2D eigenvalue weighted by Gasteiger charge is -2.07. The van der Waals surface area contributed by atoms with Crippen LogP contribution < -0.4 is 0 Å². The highest BCUT2D eigenvalue weighted by Crippen LogP contribution is 2.15. The Labute approximate surface area is 194 Å². The SMILES string of the molecule is CC(C)=CCC/C(C)=C\CC/C(C)=C\CC(O)/C=C(\C)CC/C=C(\C)CCC=C(C)C. The number of rotatable bonds is 15. The van der Waals surface area contributed by atoms with Crippen LogP contribution in [0.3, 0.4) is 0 Å². The lowest BCUT2D eigenvalue weighted by Crippen LogP contribution is -2.01. The van der Waals surface area contributed by atoms with E-state index in [0.717, 1.165) is 51.4 Å². The lowest BCUT2D eigenvalue weighted by atomic mass is 10.0. The molecule has 0 aliphatic heterocycles. The van der Waals surface area contributed by atoms with Gasteiger partial charge in [0.2, 0.25) is 0 Å². The van der Waals surface area contributed by atoms with Gasteiger partial charge in [0, 0.05) is 0 Å². The fourth-order valence-corrected chi connectivity index (χ4v) is 3.38. The molecule has 0 spiro atoms. The monoisotopic (exact) mass is 426 g/mol. The molecule has 31 heavy (non-hydrogen) atoms. The van der Waals surface area contributed by atoms with Gasteiger partial charge in [0.25, 0.3) is 0 Å². The van der Waals surface area contributed by atoms with Crippen molar-refractivity contribution in [3.8, 4) is 0 Å². The minimum absolute atomic E-state index is 0.376. The Morgan fingerprint density at radius 2 is 0.871 bits per heavy atom. The summed E-state index contributed by atoms with van der Waals surface area (Å²) in [6.07, 6.45) is 22.7. The highest BCUT2D eigenvalue weighted by molar-refractivity contribution is 5.10. The standard InChI is InChI=1S/C30H50O/c1-24(2)13-9-15-26(5)17-11-19-28(7)21-22-30(31)23-29(8)20-12-18-27(6)16-10-14-25(3)4/h13-14,17-18,21,23,30-31H,9-12,15-16,19-20,22H2,1-8H3/b26-17-,27-18+,28-21-,29-23+. The van der Waals surface area contributed by atoms with Crippen LogP contribution in [0.15, 0.2) is 69.9 Å². The third kappa shape index (κ3) is 20.1. The van der Waals surface area contributed by atoms with Crippen LogP contribution in [0.2, 0.25) is 0 Å². The Morgan fingerprint density at radius 3 is 1.29 bits per heavy atom. The molecule has 0 amide bonds. The average Bonchev–Trinajstić information content (AvgIpc) is 2.65. The van der Waals surface area contributed by atoms with E-state index in [-0.39, 0.29) is 6.10 Å². The fraction of sp³-hybridized carbons (Fsp3) is 0.600. The van der Waals surface area contributed by atoms with E-state index in [2.05, 4.69) is 85.8 Å². The lowest BCUT2D eigenvalue weighted by molar-refractivity contribution is 0.225. The Bertz CT molecular complexity index is 671. The summed E-state index contributed by atoms with van der Waals surface area (Å²) >= 11 is 0. The molecule has 0 rings (SSSR count). The zero-order valence-corrected chi connectivity index (χ0v) is 21.9. The zero-order chi connectivity index (χ0) is 23.6. The van der Waals surface area contributed by atoms with E-state index in [4.69, 9.17) is 0 Å². The molecule has 0 saturated heterocycles. The van der Waals surface area contributed by atoms with Gasteiger partial charge in [-0.25, -0.2) is 0 Å². The van der Waals surface area contributed by atoms with Crippen molar-refractivity contribution in [2.75, 3.05) is 0 Å². The van der Waals surface area contributed by atoms with Crippen molar-refractivity contribution < 1.29 is 5.11 Å². The van der Waals surface area contributed by atoms with Crippen LogP contribution in [0, 0.1) is 0 Å². The summed E-state index contributed by atoms with van der Waals surface area (Å²) in [5, 5.41) is 10.3. The normalized spacial score (nSPS) is 14.5. The molecule has 0 aromatic carbocycles. The molecule has 1 N–H and O–H groups in total. The van der Waals surface area contributed by atoms with E-state index >= 15 is 0 Å². The molecule has 0 aliphatic carbocycles. The highest BCUT2D eigenvalue weighted by atomic mass is 16.3. The van der Waals surface area contributed by atoms with Gasteiger partial charge < -0.3 is 5.11 Å². The molecule has 0 aromatic heterocycles. The van der Waals surface area contributed by atoms with Crippen LogP contribution in [0.4, 0.5) is 0 Å². The molecule has 0 radical (unpaired) electrons. The maximum Gasteiger partial charge on any atom is 0.0757 e. The summed E-state index contributed by atoms with van der Waals surface area (Å²) in [6.45, 7) is 17.4. The minimum Gasteiger partial charge on any atom is -0.389 e. The quantitative estimate of drug-likeness (QED) is 0.258. The molecule has 0 bridgehead atoms. The maximum absolute atomic E-state index is 10.3. The number of aliphatic hydroxyl groups is 1. The molecular formula is C30H50O. The third-order valence-electron chi connectivity index (χ3n) is 5.43. The number of hydrogen-bond donors (Lipinski definition) is 1. The van der Waals surface area contributed by atoms with Crippen LogP contribution in [-0.4, -0.2) is 11.2 Å². The Kier molecular flexibility index (Phi) is 17.1. The van der Waals surface area contributed by atoms with E-state index in [9.17, 15) is 5.11 Å². The molecule has 0 aliphatic rings. The van der Waals surface area contributed by atoms with Gasteiger partial charge in [-0.05, 0) is 113 Å². The topological polar surface area (TPSA) is 20.2 Å². The molecule has 0 saturated carbocycles. The number of hydrogen-bond acceptors (Lipinski definition) is 1. The summed E-state index contributed by atoms with van der Waals surface area (Å²) in [5.74, 6) is 0. The van der Waals surface area contributed by atoms with Crippen LogP contribution >= 0.6 is 0 Å². The van der Waals surface area contributed by atoms with Crippen molar-refractivity contribution in [1.29, 1.82) is 0 Å². The van der Waals surface area contributed by atoms with Crippen molar-refractivity contribution in [2.24, 2.45) is 0 Å². The number of allylic oxidation sites excluding steroid dienone is 10. The first-order valence-electron chi connectivity index (χ1n) is 12.2. The molecular weight excluding hydrogens is 376 g/mol. The summed E-state index contributed by atoms with van der Waals surface area (Å²) < 4.78 is 0. The molecule has 1 unspecified atom stereocenters. The number of aliphatic hydroxyl groups excluding tert-OH is 1. The van der Waals surface area contributed by atoms with Crippen LogP contribution in [0.1, 0.15) is 113 Å². The predicted molar refractivity (Wildman–Crippen MR) is 141 cm³/mol. The molecule has 0 aromatic rings. The van der Waals surface area contributed by atoms with Gasteiger partial charge in [0.1, 0.15) is 0 Å². The zero-order valence-electron chi connectivity index (χ0n) is 21.9. The molecule has 0 heterocycles. The van der Waals surface area contributed by atoms with Gasteiger partial charge in [-0.3, -0.25) is 0 Å². The fourth-order valence-electron chi connectivity index (χ4n) is 3.38. The van der Waals surface area contributed by atoms with E-state index in [1.54, 1.807) is 0 Å². The summed E-state index contributed by atoms with van der Waals surface area (Å²) in [5.41, 5.74) is 8.38. The van der Waals surface area contributed by atoms with E-state index < -0.39 is 0 Å². The average molecular weight is 427 g/mol. The van der Waals surface area contributed by atoms with Crippen LogP contribution in [0.25, 0.3) is 0 Å². The first-order valence-corrected chi connectivity index (χ1v) is 12.2. The minimum atomic E-state index is -0.376. The van der Waals surface area contributed by atoms with Crippen LogP contribution in [-0.2, 0) is 0 Å². The first-order chi connectivity index (χ1) is 14.6. The summed E-state index contributed by atoms with van der Waals surface area (Å²) in [7, 11) is 0. The van der Waals surface area contributed by atoms with Gasteiger partial charge in [-0.1, -0.05) is 69.9 Å². The van der Waals surface area contributed by atoms with Gasteiger partial charge in [0.15, 0.2) is 0 Å². The van der Waals surface area contributed by atoms with Crippen molar-refractivity contribution >= 4 is 0 Å². The predicted octanol–water partition coefficient (Wildman–Crippen LogP) is 9.58. The van der Waals surface area contributed by atoms with Crippen molar-refractivity contribution in [2.45, 2.75) is 119 Å². The van der Waals surface area contributed by atoms with Crippen molar-refractivity contribution in [3.63, 3.8) is 0 Å². The van der Waals surface area contributed by atoms with Gasteiger partial charge in [0.05, 0.1) is 6.10 Å². The highest BCUT2D eigenvalue weighted by Gasteiger charge is 2.00. The smallest absolute Gasteiger partial charge is 0.0757 e. The molecule has 176 valence electrons. The van der Waals surface area contributed by atoms with E-state index in [1.807, 2.05) is 6.08 Å². The third-order valence-corrected chi connectivity index (χ3v) is 5.43. The molecule has 1 heteroatoms. The second kappa shape index (κ2) is 18.0. The second-order valence-electron chi connectivity index (χ2n) is 9.69. The largest absolute Gasteiger partial charge is 0.389 e. The first kappa shape index (κ1) is 29.4. The maximum atomic E-state index is 10.3. The van der Waals surface area contributed by atoms with Gasteiger partial charge >= 0.3 is 0 Å². The Hall–Kier alpha value is -1.60. The Morgan fingerprint density at radius 1 is 0.516 bits per heavy atom. The van der Waals surface area contributed by atoms with Crippen molar-refractivity contribution in [3.05, 3.63) is 69.9 Å². The molecule has 1 nitrogen and oxygen atoms in total. The van der Waals surface area contributed by atoms with Crippen molar-refractivity contribution in [1.82, 2.24) is 0 Å².